The number of pyridine rings is 1. The van der Waals surface area contributed by atoms with Crippen molar-refractivity contribution in [3.05, 3.63) is 22.3 Å². The van der Waals surface area contributed by atoms with Crippen LogP contribution in [0.5, 0.6) is 0 Å². The summed E-state index contributed by atoms with van der Waals surface area (Å²) in [5.74, 6) is -0.187. The smallest absolute Gasteiger partial charge is 0.248 e. The van der Waals surface area contributed by atoms with Crippen molar-refractivity contribution in [1.82, 2.24) is 20.2 Å². The minimum Gasteiger partial charge on any atom is -0.355 e. The molecule has 1 aliphatic carbocycles. The van der Waals surface area contributed by atoms with Crippen LogP contribution in [0.3, 0.4) is 0 Å². The maximum atomic E-state index is 14.1. The minimum absolute atomic E-state index is 0.0231. The highest BCUT2D eigenvalue weighted by Crippen LogP contribution is 2.59. The van der Waals surface area contributed by atoms with Gasteiger partial charge in [0, 0.05) is 31.3 Å². The van der Waals surface area contributed by atoms with Crippen molar-refractivity contribution in [3.63, 3.8) is 0 Å². The zero-order valence-electron chi connectivity index (χ0n) is 24.6. The molecule has 2 N–H and O–H groups in total. The number of ketones is 1. The molecule has 3 amide bonds. The number of hydrazone groups is 1. The van der Waals surface area contributed by atoms with Crippen LogP contribution in [0.2, 0.25) is 0 Å². The molecular weight excluding hydrogens is 634 g/mol. The maximum Gasteiger partial charge on any atom is 0.248 e. The average molecular weight is 673 g/mol. The van der Waals surface area contributed by atoms with E-state index in [2.05, 4.69) is 36.6 Å². The number of Topliss-reactive ketones (excluding diaryl/α,β-unsaturated/α-hetero) is 1. The standard InChI is InChI=1S/C30H38BrN7O4S/c1-17-11-12-21(31)33-27(17)35-29(42)19-13-30-14-20(30)38(19)24(41)15-37-28-26(25(36-37)18(2)39)43-23(34-28)10-8-6-4-3-5-7-9-22(40)32-16-30/h11-12,19-20,26,28H,3-10,13-16H2,1-2H3,(H,32,40)(H,33,35,42)/t19-,20+,26?,28?,30-/m0/s1. The Hall–Kier alpha value is -2.80. The summed E-state index contributed by atoms with van der Waals surface area (Å²) in [6, 6.07) is 2.79. The van der Waals surface area contributed by atoms with Crippen molar-refractivity contribution in [2.75, 3.05) is 18.4 Å². The van der Waals surface area contributed by atoms with Crippen LogP contribution in [0.25, 0.3) is 0 Å². The number of anilines is 1. The van der Waals surface area contributed by atoms with Crippen molar-refractivity contribution in [2.45, 2.75) is 102 Å². The molecule has 5 atom stereocenters. The minimum atomic E-state index is -0.718. The van der Waals surface area contributed by atoms with E-state index in [1.165, 1.54) is 6.92 Å². The largest absolute Gasteiger partial charge is 0.355 e. The van der Waals surface area contributed by atoms with Crippen molar-refractivity contribution in [3.8, 4) is 0 Å². The number of hydrogen-bond donors (Lipinski definition) is 2. The second kappa shape index (κ2) is 12.3. The predicted octanol–water partition coefficient (Wildman–Crippen LogP) is 3.80. The Morgan fingerprint density at radius 3 is 2.60 bits per heavy atom. The number of carbonyl (C=O) groups is 4. The lowest BCUT2D eigenvalue weighted by Gasteiger charge is -2.29. The Balaban J connectivity index is 1.26. The van der Waals surface area contributed by atoms with E-state index in [0.717, 1.165) is 62.0 Å². The molecule has 4 aliphatic heterocycles. The van der Waals surface area contributed by atoms with Crippen LogP contribution in [0, 0.1) is 12.3 Å². The first kappa shape index (κ1) is 30.2. The van der Waals surface area contributed by atoms with Gasteiger partial charge in [0.15, 0.2) is 11.9 Å². The molecule has 2 unspecified atom stereocenters. The maximum absolute atomic E-state index is 14.1. The summed E-state index contributed by atoms with van der Waals surface area (Å²) in [5.41, 5.74) is 0.910. The number of halogens is 1. The molecule has 2 fully saturated rings. The fourth-order valence-electron chi connectivity index (χ4n) is 6.80. The zero-order chi connectivity index (χ0) is 30.3. The summed E-state index contributed by atoms with van der Waals surface area (Å²) in [6.07, 6.45) is 8.29. The first-order valence-corrected chi connectivity index (χ1v) is 16.9. The number of aromatic nitrogens is 1. The van der Waals surface area contributed by atoms with Crippen LogP contribution >= 0.6 is 27.7 Å². The summed E-state index contributed by atoms with van der Waals surface area (Å²) in [5, 5.41) is 13.0. The highest BCUT2D eigenvalue weighted by Gasteiger charge is 2.67. The number of piperidine rings is 1. The Bertz CT molecular complexity index is 1400. The van der Waals surface area contributed by atoms with E-state index < -0.39 is 12.2 Å². The molecule has 0 spiro atoms. The summed E-state index contributed by atoms with van der Waals surface area (Å²) >= 11 is 4.96. The number of hydrogen-bond acceptors (Lipinski definition) is 9. The molecule has 1 aromatic heterocycles. The summed E-state index contributed by atoms with van der Waals surface area (Å²) in [6.45, 7) is 3.73. The lowest BCUT2D eigenvalue weighted by molar-refractivity contribution is -0.139. The van der Waals surface area contributed by atoms with Crippen LogP contribution in [0.1, 0.15) is 76.7 Å². The number of carbonyl (C=O) groups excluding carboxylic acids is 4. The van der Waals surface area contributed by atoms with Gasteiger partial charge in [-0.2, -0.15) is 5.10 Å². The van der Waals surface area contributed by atoms with Gasteiger partial charge in [0.25, 0.3) is 0 Å². The van der Waals surface area contributed by atoms with Gasteiger partial charge < -0.3 is 15.5 Å². The van der Waals surface area contributed by atoms with Gasteiger partial charge in [-0.1, -0.05) is 43.5 Å². The van der Waals surface area contributed by atoms with Gasteiger partial charge in [0.05, 0.1) is 5.04 Å². The number of amides is 3. The molecule has 1 saturated heterocycles. The Kier molecular flexibility index (Phi) is 8.65. The number of nitrogens with one attached hydrogen (secondary N) is 2. The third kappa shape index (κ3) is 6.25. The van der Waals surface area contributed by atoms with Gasteiger partial charge in [0.2, 0.25) is 17.7 Å². The lowest BCUT2D eigenvalue weighted by atomic mass is 9.98. The molecule has 0 aromatic carbocycles. The van der Waals surface area contributed by atoms with Crippen molar-refractivity contribution < 1.29 is 19.2 Å². The summed E-state index contributed by atoms with van der Waals surface area (Å²) in [4.78, 5) is 64.0. The Morgan fingerprint density at radius 1 is 1.09 bits per heavy atom. The second-order valence-electron chi connectivity index (χ2n) is 12.4. The molecule has 5 aliphatic rings. The second-order valence-corrected chi connectivity index (χ2v) is 14.4. The van der Waals surface area contributed by atoms with Crippen LogP contribution in [-0.2, 0) is 19.2 Å². The van der Waals surface area contributed by atoms with Crippen LogP contribution < -0.4 is 10.6 Å². The fraction of sp³-hybridized carbons (Fsp3) is 0.633. The van der Waals surface area contributed by atoms with E-state index in [9.17, 15) is 19.2 Å². The first-order valence-electron chi connectivity index (χ1n) is 15.3. The third-order valence-electron chi connectivity index (χ3n) is 9.27. The number of aryl methyl sites for hydroxylation is 1. The monoisotopic (exact) mass is 671 g/mol. The van der Waals surface area contributed by atoms with Crippen molar-refractivity contribution >= 4 is 67.8 Å². The van der Waals surface area contributed by atoms with E-state index in [0.29, 0.717) is 35.5 Å². The van der Waals surface area contributed by atoms with E-state index in [1.807, 2.05) is 19.1 Å². The van der Waals surface area contributed by atoms with Crippen molar-refractivity contribution in [2.24, 2.45) is 15.5 Å². The van der Waals surface area contributed by atoms with Crippen LogP contribution in [0.15, 0.2) is 26.8 Å². The Morgan fingerprint density at radius 2 is 1.84 bits per heavy atom. The first-order chi connectivity index (χ1) is 20.6. The highest BCUT2D eigenvalue weighted by atomic mass is 79.9. The molecular formula is C30H38BrN7O4S. The number of aliphatic imine (C=N–C) groups is 1. The average Bonchev–Trinajstić information content (AvgIpc) is 3.21. The fourth-order valence-corrected chi connectivity index (χ4v) is 8.48. The van der Waals surface area contributed by atoms with E-state index >= 15 is 0 Å². The predicted molar refractivity (Wildman–Crippen MR) is 169 cm³/mol. The molecule has 43 heavy (non-hydrogen) atoms. The molecule has 1 aromatic rings. The number of nitrogens with zero attached hydrogens (tertiary/aromatic N) is 5. The zero-order valence-corrected chi connectivity index (χ0v) is 27.0. The van der Waals surface area contributed by atoms with Crippen LogP contribution in [0.4, 0.5) is 5.82 Å². The quantitative estimate of drug-likeness (QED) is 0.467. The summed E-state index contributed by atoms with van der Waals surface area (Å²) in [7, 11) is 0. The Labute approximate surface area is 264 Å². The lowest BCUT2D eigenvalue weighted by Crippen LogP contribution is -2.49. The molecule has 6 rings (SSSR count). The normalized spacial score (nSPS) is 31.1. The molecule has 5 heterocycles. The van der Waals surface area contributed by atoms with Gasteiger partial charge in [-0.15, -0.1) is 0 Å². The molecule has 1 saturated carbocycles. The van der Waals surface area contributed by atoms with Crippen molar-refractivity contribution in [1.29, 1.82) is 0 Å². The SMILES string of the molecule is CC(=O)C1=NN2CC(=O)N3[C@H](C(=O)Nc4nc(Br)ccc4C)C[C@@]4(CNC(=O)CCCCCCCCC5=NC2C1S5)C[C@@H]34. The molecule has 4 bridgehead atoms. The van der Waals surface area contributed by atoms with Gasteiger partial charge in [-0.3, -0.25) is 29.2 Å². The topological polar surface area (TPSA) is 136 Å². The number of thioether (sulfide) groups is 1. The van der Waals surface area contributed by atoms with E-state index in [1.54, 1.807) is 21.7 Å². The van der Waals surface area contributed by atoms with Gasteiger partial charge in [0.1, 0.15) is 34.0 Å². The van der Waals surface area contributed by atoms with E-state index in [-0.39, 0.29) is 46.8 Å². The number of rotatable bonds is 3. The molecule has 11 nitrogen and oxygen atoms in total. The molecule has 230 valence electrons. The summed E-state index contributed by atoms with van der Waals surface area (Å²) < 4.78 is 0.599. The highest BCUT2D eigenvalue weighted by molar-refractivity contribution is 9.10. The van der Waals surface area contributed by atoms with Gasteiger partial charge >= 0.3 is 0 Å². The van der Waals surface area contributed by atoms with Crippen LogP contribution in [-0.4, -0.2) is 85.7 Å². The molecule has 13 heteroatoms. The molecule has 0 radical (unpaired) electrons. The van der Waals surface area contributed by atoms with Gasteiger partial charge in [-0.25, -0.2) is 4.98 Å². The third-order valence-corrected chi connectivity index (χ3v) is 11.0. The van der Waals surface area contributed by atoms with E-state index in [4.69, 9.17) is 4.99 Å². The van der Waals surface area contributed by atoms with Gasteiger partial charge in [-0.05, 0) is 66.6 Å².